The van der Waals surface area contributed by atoms with Crippen LogP contribution in [0, 0.1) is 19.8 Å². The zero-order chi connectivity index (χ0) is 10.8. The summed E-state index contributed by atoms with van der Waals surface area (Å²) >= 11 is 1.94. The summed E-state index contributed by atoms with van der Waals surface area (Å²) in [6.45, 7) is 7.84. The molecular weight excluding hydrogens is 202 g/mol. The van der Waals surface area contributed by atoms with Crippen molar-refractivity contribution in [3.63, 3.8) is 0 Å². The molecule has 0 spiro atoms. The van der Waals surface area contributed by atoms with Crippen LogP contribution in [-0.4, -0.2) is 6.04 Å². The molecule has 1 N–H and O–H groups in total. The van der Waals surface area contributed by atoms with Crippen LogP contribution in [0.25, 0.3) is 0 Å². The van der Waals surface area contributed by atoms with Crippen molar-refractivity contribution in [3.05, 3.63) is 21.4 Å². The molecule has 1 saturated carbocycles. The van der Waals surface area contributed by atoms with Gasteiger partial charge in [-0.2, -0.15) is 0 Å². The van der Waals surface area contributed by atoms with Gasteiger partial charge in [0.05, 0.1) is 0 Å². The average molecular weight is 223 g/mol. The molecule has 84 valence electrons. The lowest BCUT2D eigenvalue weighted by molar-refractivity contribution is 0.504. The molecule has 1 aromatic rings. The highest BCUT2D eigenvalue weighted by molar-refractivity contribution is 7.12. The Morgan fingerprint density at radius 3 is 2.73 bits per heavy atom. The molecule has 1 aromatic heterocycles. The summed E-state index contributed by atoms with van der Waals surface area (Å²) in [7, 11) is 0. The van der Waals surface area contributed by atoms with Crippen molar-refractivity contribution < 1.29 is 0 Å². The number of thiophene rings is 1. The maximum atomic E-state index is 3.68. The topological polar surface area (TPSA) is 12.0 Å². The van der Waals surface area contributed by atoms with E-state index in [-0.39, 0.29) is 0 Å². The van der Waals surface area contributed by atoms with Crippen LogP contribution in [-0.2, 0) is 6.54 Å². The van der Waals surface area contributed by atoms with Crippen LogP contribution in [0.4, 0.5) is 0 Å². The summed E-state index contributed by atoms with van der Waals surface area (Å²) in [6.07, 6.45) is 4.13. The van der Waals surface area contributed by atoms with E-state index in [1.807, 2.05) is 11.3 Å². The normalized spacial score (nSPS) is 26.1. The summed E-state index contributed by atoms with van der Waals surface area (Å²) in [5.74, 6) is 0.925. The van der Waals surface area contributed by atoms with Crippen molar-refractivity contribution in [2.24, 2.45) is 5.92 Å². The maximum absolute atomic E-state index is 3.68. The Labute approximate surface area is 96.9 Å². The summed E-state index contributed by atoms with van der Waals surface area (Å²) in [4.78, 5) is 2.95. The Morgan fingerprint density at radius 2 is 2.20 bits per heavy atom. The first-order chi connectivity index (χ1) is 7.15. The van der Waals surface area contributed by atoms with Crippen molar-refractivity contribution in [3.8, 4) is 0 Å². The van der Waals surface area contributed by atoms with Crippen LogP contribution in [0.1, 0.15) is 41.5 Å². The lowest BCUT2D eigenvalue weighted by Crippen LogP contribution is -2.25. The van der Waals surface area contributed by atoms with Crippen molar-refractivity contribution in [2.75, 3.05) is 0 Å². The largest absolute Gasteiger partial charge is 0.309 e. The highest BCUT2D eigenvalue weighted by atomic mass is 32.1. The van der Waals surface area contributed by atoms with Gasteiger partial charge in [0.1, 0.15) is 0 Å². The fourth-order valence-electron chi connectivity index (χ4n) is 2.37. The monoisotopic (exact) mass is 223 g/mol. The number of hydrogen-bond acceptors (Lipinski definition) is 2. The van der Waals surface area contributed by atoms with E-state index in [9.17, 15) is 0 Å². The summed E-state index contributed by atoms with van der Waals surface area (Å²) < 4.78 is 0. The lowest BCUT2D eigenvalue weighted by atomic mass is 10.1. The van der Waals surface area contributed by atoms with Gasteiger partial charge in [-0.05, 0) is 50.7 Å². The summed E-state index contributed by atoms with van der Waals surface area (Å²) in [5.41, 5.74) is 1.44. The van der Waals surface area contributed by atoms with E-state index in [4.69, 9.17) is 0 Å². The molecule has 1 nitrogen and oxygen atoms in total. The molecule has 2 atom stereocenters. The molecule has 2 heteroatoms. The molecule has 1 fully saturated rings. The second-order valence-corrected chi connectivity index (χ2v) is 6.29. The van der Waals surface area contributed by atoms with Crippen LogP contribution < -0.4 is 5.32 Å². The Morgan fingerprint density at radius 1 is 1.40 bits per heavy atom. The van der Waals surface area contributed by atoms with Crippen LogP contribution in [0.2, 0.25) is 0 Å². The van der Waals surface area contributed by atoms with E-state index < -0.39 is 0 Å². The number of aryl methyl sites for hydroxylation is 2. The number of rotatable bonds is 3. The molecule has 0 aliphatic heterocycles. The fraction of sp³-hybridized carbons (Fsp3) is 0.692. The smallest absolute Gasteiger partial charge is 0.0302 e. The first-order valence-electron chi connectivity index (χ1n) is 5.94. The predicted octanol–water partition coefficient (Wildman–Crippen LogP) is 3.64. The second kappa shape index (κ2) is 4.67. The molecular formula is C13H21NS. The minimum atomic E-state index is 0.766. The maximum Gasteiger partial charge on any atom is 0.0302 e. The van der Waals surface area contributed by atoms with E-state index in [0.717, 1.165) is 18.5 Å². The molecule has 0 saturated heterocycles. The predicted molar refractivity (Wildman–Crippen MR) is 67.4 cm³/mol. The molecule has 0 amide bonds. The van der Waals surface area contributed by atoms with E-state index >= 15 is 0 Å². The van der Waals surface area contributed by atoms with E-state index in [0.29, 0.717) is 0 Å². The Balaban J connectivity index is 1.83. The van der Waals surface area contributed by atoms with Crippen LogP contribution in [0.15, 0.2) is 6.07 Å². The van der Waals surface area contributed by atoms with Gasteiger partial charge in [-0.25, -0.2) is 0 Å². The van der Waals surface area contributed by atoms with Gasteiger partial charge in [-0.3, -0.25) is 0 Å². The molecule has 1 aliphatic rings. The first-order valence-corrected chi connectivity index (χ1v) is 6.76. The van der Waals surface area contributed by atoms with Gasteiger partial charge >= 0.3 is 0 Å². The molecule has 0 bridgehead atoms. The zero-order valence-electron chi connectivity index (χ0n) is 9.97. The Hall–Kier alpha value is -0.340. The standard InChI is InChI=1S/C13H21NS/c1-9-4-5-12(6-9)14-8-13-7-10(2)11(3)15-13/h7,9,12,14H,4-6,8H2,1-3H3. The molecule has 15 heavy (non-hydrogen) atoms. The van der Waals surface area contributed by atoms with Gasteiger partial charge in [-0.1, -0.05) is 6.92 Å². The fourth-order valence-corrected chi connectivity index (χ4v) is 3.38. The van der Waals surface area contributed by atoms with Crippen LogP contribution >= 0.6 is 11.3 Å². The van der Waals surface area contributed by atoms with Crippen LogP contribution in [0.3, 0.4) is 0 Å². The highest BCUT2D eigenvalue weighted by Gasteiger charge is 2.20. The van der Waals surface area contributed by atoms with E-state index in [2.05, 4.69) is 32.2 Å². The molecule has 1 heterocycles. The highest BCUT2D eigenvalue weighted by Crippen LogP contribution is 2.26. The molecule has 0 radical (unpaired) electrons. The Kier molecular flexibility index (Phi) is 3.47. The van der Waals surface area contributed by atoms with Crippen LogP contribution in [0.5, 0.6) is 0 Å². The van der Waals surface area contributed by atoms with Gasteiger partial charge < -0.3 is 5.32 Å². The second-order valence-electron chi connectivity index (χ2n) is 4.95. The van der Waals surface area contributed by atoms with E-state index in [1.165, 1.54) is 34.6 Å². The molecule has 0 aromatic carbocycles. The van der Waals surface area contributed by atoms with Crippen molar-refractivity contribution in [2.45, 2.75) is 52.6 Å². The third kappa shape index (κ3) is 2.82. The average Bonchev–Trinajstić information content (AvgIpc) is 2.72. The van der Waals surface area contributed by atoms with Gasteiger partial charge in [0.2, 0.25) is 0 Å². The van der Waals surface area contributed by atoms with Gasteiger partial charge in [0.25, 0.3) is 0 Å². The third-order valence-electron chi connectivity index (χ3n) is 3.48. The Bertz CT molecular complexity index is 310. The zero-order valence-corrected chi connectivity index (χ0v) is 10.8. The number of hydrogen-bond donors (Lipinski definition) is 1. The van der Waals surface area contributed by atoms with Gasteiger partial charge in [0.15, 0.2) is 0 Å². The van der Waals surface area contributed by atoms with E-state index in [1.54, 1.807) is 0 Å². The van der Waals surface area contributed by atoms with Gasteiger partial charge in [-0.15, -0.1) is 11.3 Å². The van der Waals surface area contributed by atoms with Crippen molar-refractivity contribution in [1.29, 1.82) is 0 Å². The van der Waals surface area contributed by atoms with Crippen molar-refractivity contribution >= 4 is 11.3 Å². The molecule has 1 aliphatic carbocycles. The SMILES string of the molecule is Cc1cc(CNC2CCC(C)C2)sc1C. The van der Waals surface area contributed by atoms with Gasteiger partial charge in [0, 0.05) is 22.3 Å². The molecule has 2 rings (SSSR count). The number of nitrogens with one attached hydrogen (secondary N) is 1. The minimum absolute atomic E-state index is 0.766. The summed E-state index contributed by atoms with van der Waals surface area (Å²) in [5, 5.41) is 3.68. The third-order valence-corrected chi connectivity index (χ3v) is 4.63. The summed E-state index contributed by atoms with van der Waals surface area (Å²) in [6, 6.07) is 3.09. The lowest BCUT2D eigenvalue weighted by Gasteiger charge is -2.10. The minimum Gasteiger partial charge on any atom is -0.309 e. The molecule has 2 unspecified atom stereocenters. The first kappa shape index (κ1) is 11.2. The quantitative estimate of drug-likeness (QED) is 0.825. The van der Waals surface area contributed by atoms with Crippen molar-refractivity contribution in [1.82, 2.24) is 5.32 Å².